The van der Waals surface area contributed by atoms with Crippen LogP contribution in [-0.2, 0) is 0 Å². The Morgan fingerprint density at radius 1 is 0.833 bits per heavy atom. The molecule has 2 aromatic rings. The molecule has 4 heteroatoms. The lowest BCUT2D eigenvalue weighted by atomic mass is 10.2. The van der Waals surface area contributed by atoms with Gasteiger partial charge in [0.15, 0.2) is 0 Å². The topological polar surface area (TPSA) is 25.8 Å². The molecule has 1 aromatic heterocycles. The first-order valence-electron chi connectivity index (χ1n) is 3.35. The van der Waals surface area contributed by atoms with E-state index in [4.69, 9.17) is 0 Å². The Morgan fingerprint density at radius 3 is 1.67 bits per heavy atom. The molecule has 60 valence electrons. The molecule has 0 unspecified atom stereocenters. The summed E-state index contributed by atoms with van der Waals surface area (Å²) in [6, 6.07) is 8.16. The fourth-order valence-corrected chi connectivity index (χ4v) is 2.19. The van der Waals surface area contributed by atoms with Crippen molar-refractivity contribution in [2.24, 2.45) is 0 Å². The van der Waals surface area contributed by atoms with E-state index in [0.29, 0.717) is 0 Å². The molecule has 0 amide bonds. The molecule has 0 N–H and O–H groups in total. The van der Waals surface area contributed by atoms with Crippen molar-refractivity contribution in [1.82, 2.24) is 10.2 Å². The fraction of sp³-hybridized carbons (Fsp3) is 0. The molecule has 0 radical (unpaired) electrons. The molecule has 2 nitrogen and oxygen atoms in total. The largest absolute Gasteiger partial charge is 0.143 e. The predicted molar refractivity (Wildman–Crippen MR) is 65.0 cm³/mol. The lowest BCUT2D eigenvalue weighted by Crippen LogP contribution is -1.91. The highest BCUT2D eigenvalue weighted by Gasteiger charge is 2.02. The van der Waals surface area contributed by atoms with Crippen molar-refractivity contribution in [2.45, 2.75) is 0 Å². The van der Waals surface area contributed by atoms with Crippen molar-refractivity contribution in [1.29, 1.82) is 0 Å². The van der Waals surface area contributed by atoms with Gasteiger partial charge >= 0.3 is 0 Å². The Morgan fingerprint density at radius 2 is 1.25 bits per heavy atom. The minimum atomic E-state index is 0.962. The van der Waals surface area contributed by atoms with E-state index in [-0.39, 0.29) is 0 Å². The van der Waals surface area contributed by atoms with Crippen molar-refractivity contribution in [2.75, 3.05) is 0 Å². The van der Waals surface area contributed by atoms with E-state index in [1.165, 1.54) is 10.8 Å². The summed E-state index contributed by atoms with van der Waals surface area (Å²) in [5.41, 5.74) is 0. The fourth-order valence-electron chi connectivity index (χ4n) is 1.04. The summed E-state index contributed by atoms with van der Waals surface area (Å²) in [6.07, 6.45) is 0. The summed E-state index contributed by atoms with van der Waals surface area (Å²) >= 11 is 4.40. The van der Waals surface area contributed by atoms with Crippen LogP contribution in [0.15, 0.2) is 24.3 Å². The summed E-state index contributed by atoms with van der Waals surface area (Å²) in [7, 11) is 0. The third-order valence-corrected chi connectivity index (χ3v) is 3.19. The number of hydrogen-bond donors (Lipinski definition) is 0. The standard InChI is InChI=1S/C8H4I2N2/c9-7-5-3-1-2-4-6(5)8(10)12-11-7/h1-4H. The molecule has 12 heavy (non-hydrogen) atoms. The molecule has 0 fully saturated rings. The van der Waals surface area contributed by atoms with Crippen molar-refractivity contribution < 1.29 is 0 Å². The number of fused-ring (bicyclic) bond motifs is 1. The van der Waals surface area contributed by atoms with E-state index in [9.17, 15) is 0 Å². The monoisotopic (exact) mass is 382 g/mol. The average molecular weight is 382 g/mol. The van der Waals surface area contributed by atoms with Gasteiger partial charge in [0, 0.05) is 10.8 Å². The number of benzene rings is 1. The van der Waals surface area contributed by atoms with Gasteiger partial charge in [0.05, 0.1) is 0 Å². The van der Waals surface area contributed by atoms with Gasteiger partial charge in [0.1, 0.15) is 7.40 Å². The van der Waals surface area contributed by atoms with Crippen LogP contribution in [-0.4, -0.2) is 10.2 Å². The number of aromatic nitrogens is 2. The molecule has 0 saturated heterocycles. The predicted octanol–water partition coefficient (Wildman–Crippen LogP) is 2.84. The molecule has 1 aromatic carbocycles. The van der Waals surface area contributed by atoms with E-state index >= 15 is 0 Å². The lowest BCUT2D eigenvalue weighted by Gasteiger charge is -1.99. The van der Waals surface area contributed by atoms with Crippen LogP contribution >= 0.6 is 45.2 Å². The van der Waals surface area contributed by atoms with Crippen LogP contribution in [0.1, 0.15) is 0 Å². The van der Waals surface area contributed by atoms with Gasteiger partial charge in [-0.1, -0.05) is 24.3 Å². The Labute approximate surface area is 97.0 Å². The Balaban J connectivity index is 2.95. The van der Waals surface area contributed by atoms with Crippen molar-refractivity contribution >= 4 is 56.0 Å². The first-order valence-corrected chi connectivity index (χ1v) is 5.51. The highest BCUT2D eigenvalue weighted by molar-refractivity contribution is 14.1. The lowest BCUT2D eigenvalue weighted by molar-refractivity contribution is 0.999. The number of halogens is 2. The zero-order valence-corrected chi connectivity index (χ0v) is 10.3. The smallest absolute Gasteiger partial charge is 0.131 e. The molecular weight excluding hydrogens is 378 g/mol. The van der Waals surface area contributed by atoms with Crippen LogP contribution in [0.25, 0.3) is 10.8 Å². The van der Waals surface area contributed by atoms with Gasteiger partial charge in [0.2, 0.25) is 0 Å². The van der Waals surface area contributed by atoms with Gasteiger partial charge in [-0.15, -0.1) is 10.2 Å². The van der Waals surface area contributed by atoms with Gasteiger partial charge in [-0.3, -0.25) is 0 Å². The second-order valence-corrected chi connectivity index (χ2v) is 4.37. The first-order chi connectivity index (χ1) is 5.79. The zero-order chi connectivity index (χ0) is 8.55. The minimum absolute atomic E-state index is 0.962. The maximum Gasteiger partial charge on any atom is 0.131 e. The quantitative estimate of drug-likeness (QED) is 0.656. The second-order valence-electron chi connectivity index (χ2n) is 2.33. The van der Waals surface area contributed by atoms with Crippen molar-refractivity contribution in [3.05, 3.63) is 31.7 Å². The molecule has 1 heterocycles. The average Bonchev–Trinajstić information content (AvgIpc) is 2.12. The molecule has 0 spiro atoms. The molecule has 0 saturated carbocycles. The number of rotatable bonds is 0. The van der Waals surface area contributed by atoms with Crippen molar-refractivity contribution in [3.63, 3.8) is 0 Å². The van der Waals surface area contributed by atoms with Crippen LogP contribution in [0.4, 0.5) is 0 Å². The van der Waals surface area contributed by atoms with Crippen LogP contribution in [0.2, 0.25) is 0 Å². The van der Waals surface area contributed by atoms with Gasteiger partial charge in [0.25, 0.3) is 0 Å². The summed E-state index contributed by atoms with van der Waals surface area (Å²) in [4.78, 5) is 0. The minimum Gasteiger partial charge on any atom is -0.143 e. The molecular formula is C8H4I2N2. The molecule has 0 bridgehead atoms. The Kier molecular flexibility index (Phi) is 2.44. The summed E-state index contributed by atoms with van der Waals surface area (Å²) in [5, 5.41) is 10.4. The third kappa shape index (κ3) is 1.41. The zero-order valence-electron chi connectivity index (χ0n) is 5.96. The van der Waals surface area contributed by atoms with E-state index in [1.54, 1.807) is 0 Å². The van der Waals surface area contributed by atoms with Gasteiger partial charge < -0.3 is 0 Å². The second kappa shape index (κ2) is 3.41. The SMILES string of the molecule is Ic1nnc(I)c2ccccc12. The summed E-state index contributed by atoms with van der Waals surface area (Å²) in [5.74, 6) is 0. The summed E-state index contributed by atoms with van der Waals surface area (Å²) in [6.45, 7) is 0. The van der Waals surface area contributed by atoms with Crippen LogP contribution in [0.3, 0.4) is 0 Å². The molecule has 0 aliphatic carbocycles. The maximum atomic E-state index is 4.04. The number of nitrogens with zero attached hydrogens (tertiary/aromatic N) is 2. The van der Waals surface area contributed by atoms with Gasteiger partial charge in [-0.2, -0.15) is 0 Å². The maximum absolute atomic E-state index is 4.04. The number of hydrogen-bond acceptors (Lipinski definition) is 2. The molecule has 0 aliphatic rings. The van der Waals surface area contributed by atoms with Gasteiger partial charge in [-0.05, 0) is 45.2 Å². The van der Waals surface area contributed by atoms with E-state index < -0.39 is 0 Å². The van der Waals surface area contributed by atoms with Gasteiger partial charge in [-0.25, -0.2) is 0 Å². The Hall–Kier alpha value is 0.0200. The highest BCUT2D eigenvalue weighted by Crippen LogP contribution is 2.20. The summed E-state index contributed by atoms with van der Waals surface area (Å²) < 4.78 is 1.92. The molecule has 2 rings (SSSR count). The first kappa shape index (κ1) is 8.61. The van der Waals surface area contributed by atoms with E-state index in [2.05, 4.69) is 67.5 Å². The Bertz CT molecular complexity index is 388. The van der Waals surface area contributed by atoms with Crippen molar-refractivity contribution in [3.8, 4) is 0 Å². The molecule has 0 atom stereocenters. The van der Waals surface area contributed by atoms with Crippen LogP contribution < -0.4 is 0 Å². The third-order valence-electron chi connectivity index (χ3n) is 1.60. The highest BCUT2D eigenvalue weighted by atomic mass is 127. The van der Waals surface area contributed by atoms with Crippen LogP contribution in [0, 0.1) is 7.40 Å². The van der Waals surface area contributed by atoms with E-state index in [1.807, 2.05) is 12.1 Å². The normalized spacial score (nSPS) is 10.5. The van der Waals surface area contributed by atoms with E-state index in [0.717, 1.165) is 7.40 Å². The van der Waals surface area contributed by atoms with Crippen LogP contribution in [0.5, 0.6) is 0 Å². The molecule has 0 aliphatic heterocycles.